The summed E-state index contributed by atoms with van der Waals surface area (Å²) in [5.41, 5.74) is 2.20. The number of benzene rings is 2. The standard InChI is InChI=1S/C17H13N3O3/c21-17-11-10-16(14-4-2-1-3-5-14)18-19(17)12-13-6-8-15(9-7-13)20(22)23/h1-11H,12H2. The summed E-state index contributed by atoms with van der Waals surface area (Å²) in [6, 6.07) is 18.8. The lowest BCUT2D eigenvalue weighted by Crippen LogP contribution is -2.22. The van der Waals surface area contributed by atoms with Crippen LogP contribution in [0.1, 0.15) is 5.56 Å². The van der Waals surface area contributed by atoms with E-state index in [1.54, 1.807) is 18.2 Å². The first-order chi connectivity index (χ1) is 11.1. The highest BCUT2D eigenvalue weighted by molar-refractivity contribution is 5.57. The van der Waals surface area contributed by atoms with Crippen molar-refractivity contribution in [3.63, 3.8) is 0 Å². The summed E-state index contributed by atoms with van der Waals surface area (Å²) in [6.07, 6.45) is 0. The molecule has 0 atom stereocenters. The Kier molecular flexibility index (Phi) is 3.97. The van der Waals surface area contributed by atoms with Gasteiger partial charge in [0.1, 0.15) is 0 Å². The molecule has 1 aromatic heterocycles. The zero-order chi connectivity index (χ0) is 16.2. The van der Waals surface area contributed by atoms with Crippen molar-refractivity contribution in [2.45, 2.75) is 6.54 Å². The summed E-state index contributed by atoms with van der Waals surface area (Å²) in [6.45, 7) is 0.261. The van der Waals surface area contributed by atoms with Crippen LogP contribution in [0.2, 0.25) is 0 Å². The maximum atomic E-state index is 12.0. The van der Waals surface area contributed by atoms with E-state index >= 15 is 0 Å². The summed E-state index contributed by atoms with van der Waals surface area (Å²) < 4.78 is 1.35. The van der Waals surface area contributed by atoms with Crippen LogP contribution in [0.4, 0.5) is 5.69 Å². The highest BCUT2D eigenvalue weighted by Crippen LogP contribution is 2.15. The molecule has 0 spiro atoms. The van der Waals surface area contributed by atoms with E-state index in [4.69, 9.17) is 0 Å². The summed E-state index contributed by atoms with van der Waals surface area (Å²) >= 11 is 0. The number of nitro groups is 1. The van der Waals surface area contributed by atoms with E-state index in [1.807, 2.05) is 30.3 Å². The molecular formula is C17H13N3O3. The second kappa shape index (κ2) is 6.23. The molecule has 3 aromatic rings. The normalized spacial score (nSPS) is 10.4. The van der Waals surface area contributed by atoms with Crippen LogP contribution >= 0.6 is 0 Å². The Balaban J connectivity index is 1.90. The topological polar surface area (TPSA) is 78.0 Å². The zero-order valence-corrected chi connectivity index (χ0v) is 12.1. The second-order valence-electron chi connectivity index (χ2n) is 5.00. The molecule has 0 aliphatic heterocycles. The fourth-order valence-corrected chi connectivity index (χ4v) is 2.22. The molecule has 2 aromatic carbocycles. The van der Waals surface area contributed by atoms with Gasteiger partial charge in [-0.25, -0.2) is 4.68 Å². The molecule has 0 unspecified atom stereocenters. The van der Waals surface area contributed by atoms with Gasteiger partial charge in [-0.15, -0.1) is 0 Å². The highest BCUT2D eigenvalue weighted by atomic mass is 16.6. The smallest absolute Gasteiger partial charge is 0.268 e. The van der Waals surface area contributed by atoms with Gasteiger partial charge in [-0.2, -0.15) is 5.10 Å². The zero-order valence-electron chi connectivity index (χ0n) is 12.1. The Labute approximate surface area is 131 Å². The van der Waals surface area contributed by atoms with Crippen LogP contribution in [-0.4, -0.2) is 14.7 Å². The first-order valence-electron chi connectivity index (χ1n) is 7.00. The number of nitro benzene ring substituents is 1. The first-order valence-corrected chi connectivity index (χ1v) is 7.00. The summed E-state index contributed by atoms with van der Waals surface area (Å²) in [7, 11) is 0. The Morgan fingerprint density at radius 2 is 1.65 bits per heavy atom. The summed E-state index contributed by atoms with van der Waals surface area (Å²) in [4.78, 5) is 22.2. The summed E-state index contributed by atoms with van der Waals surface area (Å²) in [5.74, 6) is 0. The minimum Gasteiger partial charge on any atom is -0.268 e. The van der Waals surface area contributed by atoms with Crippen molar-refractivity contribution in [1.82, 2.24) is 9.78 Å². The Morgan fingerprint density at radius 1 is 0.957 bits per heavy atom. The van der Waals surface area contributed by atoms with Crippen LogP contribution in [-0.2, 0) is 6.54 Å². The van der Waals surface area contributed by atoms with E-state index in [9.17, 15) is 14.9 Å². The van der Waals surface area contributed by atoms with Crippen LogP contribution in [0.25, 0.3) is 11.3 Å². The van der Waals surface area contributed by atoms with Gasteiger partial charge in [0.25, 0.3) is 11.2 Å². The molecule has 0 radical (unpaired) electrons. The molecule has 6 nitrogen and oxygen atoms in total. The van der Waals surface area contributed by atoms with Gasteiger partial charge in [0.15, 0.2) is 0 Å². The molecule has 23 heavy (non-hydrogen) atoms. The molecule has 0 aliphatic rings. The van der Waals surface area contributed by atoms with E-state index in [0.29, 0.717) is 5.69 Å². The fourth-order valence-electron chi connectivity index (χ4n) is 2.22. The predicted octanol–water partition coefficient (Wildman–Crippen LogP) is 2.87. The molecule has 0 aliphatic carbocycles. The third-order valence-corrected chi connectivity index (χ3v) is 3.42. The van der Waals surface area contributed by atoms with Gasteiger partial charge in [-0.3, -0.25) is 14.9 Å². The third-order valence-electron chi connectivity index (χ3n) is 3.42. The van der Waals surface area contributed by atoms with Gasteiger partial charge in [0.2, 0.25) is 0 Å². The fraction of sp³-hybridized carbons (Fsp3) is 0.0588. The van der Waals surface area contributed by atoms with E-state index < -0.39 is 4.92 Å². The molecule has 0 fully saturated rings. The van der Waals surface area contributed by atoms with Gasteiger partial charge >= 0.3 is 0 Å². The van der Waals surface area contributed by atoms with Crippen molar-refractivity contribution in [3.05, 3.63) is 92.8 Å². The molecule has 114 valence electrons. The van der Waals surface area contributed by atoms with Crippen LogP contribution < -0.4 is 5.56 Å². The number of non-ortho nitro benzene ring substituents is 1. The maximum absolute atomic E-state index is 12.0. The Morgan fingerprint density at radius 3 is 2.30 bits per heavy atom. The van der Waals surface area contributed by atoms with Crippen LogP contribution in [0.3, 0.4) is 0 Å². The Bertz CT molecular complexity index is 887. The van der Waals surface area contributed by atoms with Crippen molar-refractivity contribution in [1.29, 1.82) is 0 Å². The molecule has 0 amide bonds. The largest absolute Gasteiger partial charge is 0.269 e. The lowest BCUT2D eigenvalue weighted by molar-refractivity contribution is -0.384. The average molecular weight is 307 g/mol. The lowest BCUT2D eigenvalue weighted by atomic mass is 10.1. The number of rotatable bonds is 4. The number of hydrogen-bond acceptors (Lipinski definition) is 4. The molecule has 0 saturated heterocycles. The molecule has 3 rings (SSSR count). The molecule has 1 heterocycles. The van der Waals surface area contributed by atoms with E-state index in [1.165, 1.54) is 22.9 Å². The maximum Gasteiger partial charge on any atom is 0.269 e. The molecule has 0 N–H and O–H groups in total. The summed E-state index contributed by atoms with van der Waals surface area (Å²) in [5, 5.41) is 15.0. The van der Waals surface area contributed by atoms with Crippen molar-refractivity contribution >= 4 is 5.69 Å². The quantitative estimate of drug-likeness (QED) is 0.548. The minimum absolute atomic E-state index is 0.0205. The molecular weight excluding hydrogens is 294 g/mol. The van der Waals surface area contributed by atoms with Crippen LogP contribution in [0.5, 0.6) is 0 Å². The van der Waals surface area contributed by atoms with Gasteiger partial charge in [-0.1, -0.05) is 42.5 Å². The number of nitrogens with zero attached hydrogens (tertiary/aromatic N) is 3. The SMILES string of the molecule is O=c1ccc(-c2ccccc2)nn1Cc1ccc([N+](=O)[O-])cc1. The highest BCUT2D eigenvalue weighted by Gasteiger charge is 2.07. The average Bonchev–Trinajstić information content (AvgIpc) is 2.58. The lowest BCUT2D eigenvalue weighted by Gasteiger charge is -2.07. The van der Waals surface area contributed by atoms with Crippen LogP contribution in [0, 0.1) is 10.1 Å². The van der Waals surface area contributed by atoms with Crippen molar-refractivity contribution in [2.75, 3.05) is 0 Å². The molecule has 0 saturated carbocycles. The van der Waals surface area contributed by atoms with E-state index in [-0.39, 0.29) is 17.8 Å². The van der Waals surface area contributed by atoms with Crippen molar-refractivity contribution in [2.24, 2.45) is 0 Å². The monoisotopic (exact) mass is 307 g/mol. The molecule has 6 heteroatoms. The van der Waals surface area contributed by atoms with Gasteiger partial charge in [-0.05, 0) is 11.6 Å². The predicted molar refractivity (Wildman–Crippen MR) is 86.1 cm³/mol. The van der Waals surface area contributed by atoms with E-state index in [2.05, 4.69) is 5.10 Å². The van der Waals surface area contributed by atoms with Gasteiger partial charge < -0.3 is 0 Å². The Hall–Kier alpha value is -3.28. The third kappa shape index (κ3) is 3.32. The van der Waals surface area contributed by atoms with E-state index in [0.717, 1.165) is 11.1 Å². The minimum atomic E-state index is -0.454. The first kappa shape index (κ1) is 14.6. The second-order valence-corrected chi connectivity index (χ2v) is 5.00. The van der Waals surface area contributed by atoms with Crippen molar-refractivity contribution < 1.29 is 4.92 Å². The number of hydrogen-bond donors (Lipinski definition) is 0. The van der Waals surface area contributed by atoms with Gasteiger partial charge in [0, 0.05) is 23.8 Å². The van der Waals surface area contributed by atoms with Crippen molar-refractivity contribution in [3.8, 4) is 11.3 Å². The van der Waals surface area contributed by atoms with Gasteiger partial charge in [0.05, 0.1) is 17.2 Å². The number of aromatic nitrogens is 2. The molecule has 0 bridgehead atoms. The van der Waals surface area contributed by atoms with Crippen LogP contribution in [0.15, 0.2) is 71.5 Å².